The molecule has 8 nitrogen and oxygen atoms in total. The molecular weight excluding hydrogens is 346 g/mol. The Bertz CT molecular complexity index is 1080. The zero-order chi connectivity index (χ0) is 18.7. The number of rotatable bonds is 2. The summed E-state index contributed by atoms with van der Waals surface area (Å²) in [6.45, 7) is 2.94. The number of H-pyrrole nitrogens is 1. The minimum atomic E-state index is -3.82. The van der Waals surface area contributed by atoms with E-state index in [1.54, 1.807) is 6.92 Å². The van der Waals surface area contributed by atoms with Crippen LogP contribution in [0.5, 0.6) is 0 Å². The summed E-state index contributed by atoms with van der Waals surface area (Å²) in [7, 11) is -0.983. The number of Topliss-reactive ketones (excluding diaryl/α,β-unsaturated/α-hetero) is 1. The SMILES string of the molecule is Cc1[nH]n(C)c(=O)c1C(=O)c1ccc2c(c1)N(C)S(=O)(=O)C(C)C2=O. The summed E-state index contributed by atoms with van der Waals surface area (Å²) in [4.78, 5) is 37.1. The normalized spacial score (nSPS) is 19.0. The van der Waals surface area contributed by atoms with E-state index in [9.17, 15) is 22.8 Å². The molecule has 0 aliphatic carbocycles. The van der Waals surface area contributed by atoms with Crippen molar-refractivity contribution >= 4 is 27.3 Å². The van der Waals surface area contributed by atoms with Gasteiger partial charge in [0.2, 0.25) is 15.8 Å². The molecule has 1 aliphatic heterocycles. The van der Waals surface area contributed by atoms with Gasteiger partial charge in [0, 0.05) is 30.9 Å². The summed E-state index contributed by atoms with van der Waals surface area (Å²) in [6.07, 6.45) is 0. The zero-order valence-corrected chi connectivity index (χ0v) is 15.0. The van der Waals surface area contributed by atoms with E-state index in [1.807, 2.05) is 0 Å². The molecule has 0 spiro atoms. The second kappa shape index (κ2) is 5.41. The van der Waals surface area contributed by atoms with Crippen molar-refractivity contribution in [1.29, 1.82) is 0 Å². The average molecular weight is 363 g/mol. The highest BCUT2D eigenvalue weighted by Gasteiger charge is 2.40. The van der Waals surface area contributed by atoms with E-state index in [1.165, 1.54) is 43.9 Å². The first-order valence-corrected chi connectivity index (χ1v) is 9.04. The van der Waals surface area contributed by atoms with Crippen molar-refractivity contribution in [1.82, 2.24) is 9.78 Å². The van der Waals surface area contributed by atoms with E-state index < -0.39 is 32.4 Å². The number of hydrogen-bond acceptors (Lipinski definition) is 5. The van der Waals surface area contributed by atoms with Crippen molar-refractivity contribution in [2.75, 3.05) is 11.4 Å². The minimum Gasteiger partial charge on any atom is -0.299 e. The van der Waals surface area contributed by atoms with Gasteiger partial charge in [-0.2, -0.15) is 0 Å². The smallest absolute Gasteiger partial charge is 0.277 e. The van der Waals surface area contributed by atoms with Crippen molar-refractivity contribution in [2.24, 2.45) is 7.05 Å². The first-order valence-electron chi connectivity index (χ1n) is 7.53. The van der Waals surface area contributed by atoms with Gasteiger partial charge in [-0.25, -0.2) is 8.42 Å². The van der Waals surface area contributed by atoms with Gasteiger partial charge in [0.15, 0.2) is 5.78 Å². The molecule has 1 atom stereocenters. The third kappa shape index (κ3) is 2.34. The fourth-order valence-electron chi connectivity index (χ4n) is 2.97. The molecule has 0 fully saturated rings. The van der Waals surface area contributed by atoms with Gasteiger partial charge in [0.25, 0.3) is 5.56 Å². The largest absolute Gasteiger partial charge is 0.299 e. The van der Waals surface area contributed by atoms with Crippen LogP contribution in [0, 0.1) is 6.92 Å². The van der Waals surface area contributed by atoms with Crippen molar-refractivity contribution in [3.63, 3.8) is 0 Å². The molecule has 3 rings (SSSR count). The first-order chi connectivity index (χ1) is 11.6. The Kier molecular flexibility index (Phi) is 3.72. The second-order valence-electron chi connectivity index (χ2n) is 6.06. The van der Waals surface area contributed by atoms with Crippen molar-refractivity contribution in [3.8, 4) is 0 Å². The summed E-state index contributed by atoms with van der Waals surface area (Å²) < 4.78 is 26.8. The fourth-order valence-corrected chi connectivity index (χ4v) is 4.27. The molecule has 1 aromatic heterocycles. The van der Waals surface area contributed by atoms with Crippen molar-refractivity contribution in [2.45, 2.75) is 19.1 Å². The third-order valence-electron chi connectivity index (χ3n) is 4.52. The topological polar surface area (TPSA) is 109 Å². The van der Waals surface area contributed by atoms with E-state index in [0.29, 0.717) is 5.69 Å². The lowest BCUT2D eigenvalue weighted by atomic mass is 9.98. The van der Waals surface area contributed by atoms with Gasteiger partial charge in [-0.15, -0.1) is 0 Å². The van der Waals surface area contributed by atoms with Crippen LogP contribution in [-0.2, 0) is 17.1 Å². The Morgan fingerprint density at radius 1 is 1.20 bits per heavy atom. The molecule has 2 heterocycles. The summed E-state index contributed by atoms with van der Waals surface area (Å²) in [6, 6.07) is 4.20. The maximum Gasteiger partial charge on any atom is 0.277 e. The molecule has 1 aliphatic rings. The molecule has 0 amide bonds. The minimum absolute atomic E-state index is 0.0107. The number of aromatic nitrogens is 2. The standard InChI is InChI=1S/C16H17N3O5S/c1-8-13(16(22)18(3)17-8)15(21)10-5-6-11-12(7-10)19(4)25(23,24)9(2)14(11)20/h5-7,9,17H,1-4H3. The molecule has 1 N–H and O–H groups in total. The lowest BCUT2D eigenvalue weighted by Gasteiger charge is -2.30. The third-order valence-corrected chi connectivity index (χ3v) is 6.59. The molecule has 132 valence electrons. The molecule has 0 saturated carbocycles. The second-order valence-corrected chi connectivity index (χ2v) is 8.34. The van der Waals surface area contributed by atoms with Crippen LogP contribution in [0.15, 0.2) is 23.0 Å². The van der Waals surface area contributed by atoms with Crippen LogP contribution in [-0.4, -0.2) is 42.1 Å². The van der Waals surface area contributed by atoms with Gasteiger partial charge < -0.3 is 0 Å². The number of anilines is 1. The molecule has 0 saturated heterocycles. The van der Waals surface area contributed by atoms with Gasteiger partial charge in [-0.3, -0.25) is 28.5 Å². The fraction of sp³-hybridized carbons (Fsp3) is 0.312. The van der Waals surface area contributed by atoms with E-state index >= 15 is 0 Å². The summed E-state index contributed by atoms with van der Waals surface area (Å²) in [5.41, 5.74) is 0.456. The van der Waals surface area contributed by atoms with E-state index in [-0.39, 0.29) is 22.4 Å². The highest BCUT2D eigenvalue weighted by atomic mass is 32.2. The van der Waals surface area contributed by atoms with Gasteiger partial charge in [0.05, 0.1) is 5.69 Å². The van der Waals surface area contributed by atoms with Crippen LogP contribution in [0.2, 0.25) is 0 Å². The Morgan fingerprint density at radius 3 is 2.40 bits per heavy atom. The molecule has 0 radical (unpaired) electrons. The highest BCUT2D eigenvalue weighted by Crippen LogP contribution is 2.33. The highest BCUT2D eigenvalue weighted by molar-refractivity contribution is 7.94. The number of nitrogens with one attached hydrogen (secondary N) is 1. The van der Waals surface area contributed by atoms with E-state index in [2.05, 4.69) is 5.10 Å². The maximum absolute atomic E-state index is 12.7. The number of hydrogen-bond donors (Lipinski definition) is 1. The van der Waals surface area contributed by atoms with Crippen LogP contribution in [0.4, 0.5) is 5.69 Å². The Balaban J connectivity index is 2.17. The van der Waals surface area contributed by atoms with Crippen LogP contribution in [0.25, 0.3) is 0 Å². The first kappa shape index (κ1) is 17.2. The molecule has 2 aromatic rings. The predicted octanol–water partition coefficient (Wildman–Crippen LogP) is 0.604. The van der Waals surface area contributed by atoms with Crippen LogP contribution in [0.1, 0.15) is 38.9 Å². The number of sulfonamides is 1. The van der Waals surface area contributed by atoms with Crippen LogP contribution >= 0.6 is 0 Å². The predicted molar refractivity (Wildman–Crippen MR) is 91.8 cm³/mol. The average Bonchev–Trinajstić information content (AvgIpc) is 2.82. The van der Waals surface area contributed by atoms with E-state index in [4.69, 9.17) is 0 Å². The van der Waals surface area contributed by atoms with Crippen LogP contribution in [0.3, 0.4) is 0 Å². The summed E-state index contributed by atoms with van der Waals surface area (Å²) in [5, 5.41) is 1.57. The van der Waals surface area contributed by atoms with Gasteiger partial charge in [-0.1, -0.05) is 6.07 Å². The van der Waals surface area contributed by atoms with Crippen molar-refractivity contribution in [3.05, 3.63) is 50.9 Å². The zero-order valence-electron chi connectivity index (χ0n) is 14.2. The summed E-state index contributed by atoms with van der Waals surface area (Å²) in [5.74, 6) is -1.04. The number of carbonyl (C=O) groups excluding carboxylic acids is 2. The molecule has 25 heavy (non-hydrogen) atoms. The van der Waals surface area contributed by atoms with E-state index in [0.717, 1.165) is 4.31 Å². The molecule has 0 bridgehead atoms. The number of carbonyl (C=O) groups is 2. The number of ketones is 2. The Hall–Kier alpha value is -2.68. The number of aromatic amines is 1. The number of aryl methyl sites for hydroxylation is 2. The van der Waals surface area contributed by atoms with Crippen LogP contribution < -0.4 is 9.86 Å². The lowest BCUT2D eigenvalue weighted by Crippen LogP contribution is -2.44. The molecule has 1 aromatic carbocycles. The lowest BCUT2D eigenvalue weighted by molar-refractivity contribution is 0.0987. The summed E-state index contributed by atoms with van der Waals surface area (Å²) >= 11 is 0. The number of nitrogens with zero attached hydrogens (tertiary/aromatic N) is 2. The Labute approximate surface area is 144 Å². The number of fused-ring (bicyclic) bond motifs is 1. The molecule has 9 heteroatoms. The monoisotopic (exact) mass is 363 g/mol. The van der Waals surface area contributed by atoms with Gasteiger partial charge >= 0.3 is 0 Å². The Morgan fingerprint density at radius 2 is 1.84 bits per heavy atom. The van der Waals surface area contributed by atoms with Crippen molar-refractivity contribution < 1.29 is 18.0 Å². The molecule has 1 unspecified atom stereocenters. The van der Waals surface area contributed by atoms with Gasteiger partial charge in [0.1, 0.15) is 10.8 Å². The maximum atomic E-state index is 12.7. The molecular formula is C16H17N3O5S. The quantitative estimate of drug-likeness (QED) is 0.786. The number of benzene rings is 1. The van der Waals surface area contributed by atoms with Gasteiger partial charge in [-0.05, 0) is 26.0 Å².